The summed E-state index contributed by atoms with van der Waals surface area (Å²) in [5, 5.41) is 15.9. The molecule has 0 atom stereocenters. The Bertz CT molecular complexity index is 710. The summed E-state index contributed by atoms with van der Waals surface area (Å²) >= 11 is 6.25. The second-order valence-corrected chi connectivity index (χ2v) is 5.42. The number of aromatic nitrogens is 2. The van der Waals surface area contributed by atoms with E-state index in [1.807, 2.05) is 13.8 Å². The van der Waals surface area contributed by atoms with Crippen LogP contribution in [0.25, 0.3) is 11.3 Å². The van der Waals surface area contributed by atoms with Crippen LogP contribution in [-0.2, 0) is 0 Å². The maximum atomic E-state index is 11.0. The summed E-state index contributed by atoms with van der Waals surface area (Å²) in [6, 6.07) is 3.17. The van der Waals surface area contributed by atoms with Crippen LogP contribution in [0.15, 0.2) is 12.1 Å². The van der Waals surface area contributed by atoms with E-state index in [1.54, 1.807) is 6.07 Å². The zero-order valence-corrected chi connectivity index (χ0v) is 13.5. The minimum atomic E-state index is -1.07. The molecule has 0 aliphatic rings. The van der Waals surface area contributed by atoms with Crippen molar-refractivity contribution in [2.45, 2.75) is 19.8 Å². The van der Waals surface area contributed by atoms with E-state index in [4.69, 9.17) is 26.2 Å². The van der Waals surface area contributed by atoms with E-state index in [1.165, 1.54) is 20.3 Å². The molecular weight excluding hydrogens is 308 g/mol. The van der Waals surface area contributed by atoms with Crippen LogP contribution in [0.5, 0.6) is 11.5 Å². The second-order valence-electron chi connectivity index (χ2n) is 5.01. The highest BCUT2D eigenvalue weighted by molar-refractivity contribution is 6.32. The zero-order valence-electron chi connectivity index (χ0n) is 12.7. The normalized spacial score (nSPS) is 10.8. The van der Waals surface area contributed by atoms with E-state index in [-0.39, 0.29) is 11.6 Å². The van der Waals surface area contributed by atoms with Crippen molar-refractivity contribution in [3.63, 3.8) is 0 Å². The minimum absolute atomic E-state index is 0.00983. The number of nitrogens with one attached hydrogen (secondary N) is 1. The number of benzene rings is 1. The molecule has 1 heterocycles. The van der Waals surface area contributed by atoms with Gasteiger partial charge in [-0.15, -0.1) is 0 Å². The largest absolute Gasteiger partial charge is 0.492 e. The number of carboxylic acids is 1. The van der Waals surface area contributed by atoms with Gasteiger partial charge in [0.1, 0.15) is 5.69 Å². The Hall–Kier alpha value is -2.21. The number of H-pyrrole nitrogens is 1. The third-order valence-corrected chi connectivity index (χ3v) is 3.58. The molecule has 0 aliphatic carbocycles. The van der Waals surface area contributed by atoms with E-state index in [9.17, 15) is 4.79 Å². The second kappa shape index (κ2) is 6.27. The van der Waals surface area contributed by atoms with Gasteiger partial charge in [0.2, 0.25) is 0 Å². The Kier molecular flexibility index (Phi) is 4.61. The van der Waals surface area contributed by atoms with Gasteiger partial charge in [-0.25, -0.2) is 4.79 Å². The van der Waals surface area contributed by atoms with Gasteiger partial charge in [0.05, 0.1) is 24.9 Å². The van der Waals surface area contributed by atoms with Crippen molar-refractivity contribution in [3.8, 4) is 22.8 Å². The van der Waals surface area contributed by atoms with Gasteiger partial charge in [-0.2, -0.15) is 5.10 Å². The molecule has 0 fully saturated rings. The predicted octanol–water partition coefficient (Wildman–Crippen LogP) is 3.57. The molecule has 0 saturated heterocycles. The first-order valence-electron chi connectivity index (χ1n) is 6.64. The Labute approximate surface area is 133 Å². The van der Waals surface area contributed by atoms with Crippen LogP contribution < -0.4 is 9.47 Å². The number of aromatic amines is 1. The number of carboxylic acid groups (broad SMARTS) is 1. The van der Waals surface area contributed by atoms with Crippen molar-refractivity contribution >= 4 is 17.6 Å². The van der Waals surface area contributed by atoms with Crippen LogP contribution in [0.4, 0.5) is 0 Å². The highest BCUT2D eigenvalue weighted by Crippen LogP contribution is 2.46. The number of hydrogen-bond acceptors (Lipinski definition) is 4. The molecule has 1 aromatic carbocycles. The van der Waals surface area contributed by atoms with Gasteiger partial charge in [0.15, 0.2) is 11.5 Å². The Morgan fingerprint density at radius 1 is 1.27 bits per heavy atom. The van der Waals surface area contributed by atoms with Crippen molar-refractivity contribution in [1.82, 2.24) is 10.2 Å². The van der Waals surface area contributed by atoms with Gasteiger partial charge in [-0.05, 0) is 18.1 Å². The lowest BCUT2D eigenvalue weighted by atomic mass is 9.93. The van der Waals surface area contributed by atoms with Crippen molar-refractivity contribution in [3.05, 3.63) is 28.4 Å². The van der Waals surface area contributed by atoms with Gasteiger partial charge < -0.3 is 14.6 Å². The van der Waals surface area contributed by atoms with Gasteiger partial charge in [-0.3, -0.25) is 5.10 Å². The summed E-state index contributed by atoms with van der Waals surface area (Å²) in [6.07, 6.45) is 0. The summed E-state index contributed by atoms with van der Waals surface area (Å²) < 4.78 is 10.8. The monoisotopic (exact) mass is 324 g/mol. The molecule has 7 heteroatoms. The standard InChI is InChI=1S/C15H17ClN2O4/c1-7(2)12-8(10-6-11(15(19)20)18-17-10)5-9(16)13(21-3)14(12)22-4/h5-7H,1-4H3,(H,17,18)(H,19,20). The van der Waals surface area contributed by atoms with Crippen LogP contribution in [-0.4, -0.2) is 35.5 Å². The molecule has 2 aromatic rings. The van der Waals surface area contributed by atoms with E-state index < -0.39 is 5.97 Å². The Balaban J connectivity index is 2.73. The summed E-state index contributed by atoms with van der Waals surface area (Å²) in [7, 11) is 3.06. The number of hydrogen-bond donors (Lipinski definition) is 2. The number of rotatable bonds is 5. The Morgan fingerprint density at radius 2 is 1.91 bits per heavy atom. The number of ether oxygens (including phenoxy) is 2. The average Bonchev–Trinajstić information content (AvgIpc) is 2.95. The molecule has 0 bridgehead atoms. The maximum absolute atomic E-state index is 11.0. The van der Waals surface area contributed by atoms with Gasteiger partial charge in [0, 0.05) is 11.1 Å². The summed E-state index contributed by atoms with van der Waals surface area (Å²) in [6.45, 7) is 4.00. The van der Waals surface area contributed by atoms with E-state index in [0.717, 1.165) is 5.56 Å². The highest BCUT2D eigenvalue weighted by atomic mass is 35.5. The third kappa shape index (κ3) is 2.74. The van der Waals surface area contributed by atoms with E-state index in [2.05, 4.69) is 10.2 Å². The first-order valence-corrected chi connectivity index (χ1v) is 7.01. The fourth-order valence-corrected chi connectivity index (χ4v) is 2.64. The fourth-order valence-electron chi connectivity index (χ4n) is 2.37. The van der Waals surface area contributed by atoms with Crippen molar-refractivity contribution < 1.29 is 19.4 Å². The van der Waals surface area contributed by atoms with Gasteiger partial charge >= 0.3 is 5.97 Å². The average molecular weight is 325 g/mol. The van der Waals surface area contributed by atoms with Crippen LogP contribution in [0.3, 0.4) is 0 Å². The van der Waals surface area contributed by atoms with Crippen LogP contribution in [0, 0.1) is 0 Å². The summed E-state index contributed by atoms with van der Waals surface area (Å²) in [5.74, 6) is 0.00278. The van der Waals surface area contributed by atoms with Gasteiger partial charge in [-0.1, -0.05) is 25.4 Å². The number of nitrogens with zero attached hydrogens (tertiary/aromatic N) is 1. The van der Waals surface area contributed by atoms with Gasteiger partial charge in [0.25, 0.3) is 0 Å². The molecule has 2 N–H and O–H groups in total. The molecule has 0 radical (unpaired) electrons. The Morgan fingerprint density at radius 3 is 2.36 bits per heavy atom. The molecule has 22 heavy (non-hydrogen) atoms. The van der Waals surface area contributed by atoms with Crippen LogP contribution in [0.1, 0.15) is 35.8 Å². The number of methoxy groups -OCH3 is 2. The lowest BCUT2D eigenvalue weighted by molar-refractivity contribution is 0.0690. The topological polar surface area (TPSA) is 84.4 Å². The lowest BCUT2D eigenvalue weighted by Gasteiger charge is -2.19. The highest BCUT2D eigenvalue weighted by Gasteiger charge is 2.23. The van der Waals surface area contributed by atoms with E-state index in [0.29, 0.717) is 27.8 Å². The molecular formula is C15H17ClN2O4. The predicted molar refractivity (Wildman–Crippen MR) is 83.2 cm³/mol. The van der Waals surface area contributed by atoms with Crippen molar-refractivity contribution in [2.24, 2.45) is 0 Å². The van der Waals surface area contributed by atoms with Crippen molar-refractivity contribution in [1.29, 1.82) is 0 Å². The first-order chi connectivity index (χ1) is 10.4. The number of halogens is 1. The molecule has 0 aliphatic heterocycles. The van der Waals surface area contributed by atoms with Crippen LogP contribution >= 0.6 is 11.6 Å². The molecule has 1 aromatic heterocycles. The zero-order chi connectivity index (χ0) is 16.4. The molecule has 0 unspecified atom stereocenters. The SMILES string of the molecule is COc1c(Cl)cc(-c2cc(C(=O)O)[nH]n2)c(C(C)C)c1OC. The maximum Gasteiger partial charge on any atom is 0.353 e. The number of carbonyl (C=O) groups is 1. The molecule has 0 amide bonds. The third-order valence-electron chi connectivity index (χ3n) is 3.30. The minimum Gasteiger partial charge on any atom is -0.492 e. The quantitative estimate of drug-likeness (QED) is 0.878. The fraction of sp³-hybridized carbons (Fsp3) is 0.333. The smallest absolute Gasteiger partial charge is 0.353 e. The van der Waals surface area contributed by atoms with Crippen molar-refractivity contribution in [2.75, 3.05) is 14.2 Å². The molecule has 0 saturated carbocycles. The molecule has 118 valence electrons. The van der Waals surface area contributed by atoms with E-state index >= 15 is 0 Å². The summed E-state index contributed by atoms with van der Waals surface area (Å²) in [5.41, 5.74) is 2.06. The number of aromatic carboxylic acids is 1. The van der Waals surface area contributed by atoms with Crippen LogP contribution in [0.2, 0.25) is 5.02 Å². The first kappa shape index (κ1) is 16.2. The molecule has 6 nitrogen and oxygen atoms in total. The molecule has 0 spiro atoms. The molecule has 2 rings (SSSR count). The summed E-state index contributed by atoms with van der Waals surface area (Å²) in [4.78, 5) is 11.0. The lowest BCUT2D eigenvalue weighted by Crippen LogP contribution is -2.01.